The van der Waals surface area contributed by atoms with Gasteiger partial charge in [0, 0.05) is 5.69 Å². The summed E-state index contributed by atoms with van der Waals surface area (Å²) in [6.45, 7) is 0.736. The number of nitrogens with one attached hydrogen (secondary N) is 1. The molecule has 114 valence electrons. The first-order chi connectivity index (χ1) is 10.7. The van der Waals surface area contributed by atoms with Crippen molar-refractivity contribution in [2.75, 3.05) is 23.5 Å². The quantitative estimate of drug-likeness (QED) is 0.882. The Morgan fingerprint density at radius 3 is 2.77 bits per heavy atom. The first-order valence-corrected chi connectivity index (χ1v) is 7.93. The molecule has 1 aromatic heterocycles. The fraction of sp³-hybridized carbons (Fsp3) is 0.286. The van der Waals surface area contributed by atoms with Gasteiger partial charge in [-0.05, 0) is 17.7 Å². The van der Waals surface area contributed by atoms with E-state index in [0.717, 1.165) is 5.56 Å². The van der Waals surface area contributed by atoms with Crippen molar-refractivity contribution in [2.24, 2.45) is 0 Å². The zero-order valence-corrected chi connectivity index (χ0v) is 12.6. The summed E-state index contributed by atoms with van der Waals surface area (Å²) in [7, 11) is 0. The number of benzene rings is 1. The number of hydrogen-bond donors (Lipinski definition) is 1. The lowest BCUT2D eigenvalue weighted by atomic mass is 10.2. The Kier molecular flexibility index (Phi) is 4.38. The SMILES string of the molecule is O=C(CN1CSCC1=O)Nc1ccc(Cn2cncn2)cc1. The van der Waals surface area contributed by atoms with Crippen LogP contribution in [0.2, 0.25) is 0 Å². The first-order valence-electron chi connectivity index (χ1n) is 6.77. The van der Waals surface area contributed by atoms with Crippen LogP contribution in [0, 0.1) is 0 Å². The van der Waals surface area contributed by atoms with E-state index in [1.54, 1.807) is 15.9 Å². The second kappa shape index (κ2) is 6.61. The Morgan fingerprint density at radius 1 is 1.32 bits per heavy atom. The number of carbonyl (C=O) groups is 2. The van der Waals surface area contributed by atoms with Gasteiger partial charge in [-0.25, -0.2) is 9.67 Å². The van der Waals surface area contributed by atoms with Crippen LogP contribution < -0.4 is 5.32 Å². The van der Waals surface area contributed by atoms with Crippen molar-refractivity contribution in [3.05, 3.63) is 42.5 Å². The highest BCUT2D eigenvalue weighted by molar-refractivity contribution is 8.00. The Bertz CT molecular complexity index is 656. The highest BCUT2D eigenvalue weighted by atomic mass is 32.2. The van der Waals surface area contributed by atoms with Crippen LogP contribution in [-0.2, 0) is 16.1 Å². The normalized spacial score (nSPS) is 14.4. The third-order valence-corrected chi connectivity index (χ3v) is 4.15. The molecule has 1 aliphatic rings. The number of anilines is 1. The van der Waals surface area contributed by atoms with Crippen molar-refractivity contribution >= 4 is 29.3 Å². The molecule has 1 aliphatic heterocycles. The Balaban J connectivity index is 1.54. The molecular weight excluding hydrogens is 302 g/mol. The number of aromatic nitrogens is 3. The third-order valence-electron chi connectivity index (χ3n) is 3.21. The molecule has 2 amide bonds. The van der Waals surface area contributed by atoms with E-state index in [1.165, 1.54) is 18.1 Å². The van der Waals surface area contributed by atoms with Gasteiger partial charge < -0.3 is 10.2 Å². The molecule has 0 radical (unpaired) electrons. The van der Waals surface area contributed by atoms with E-state index in [9.17, 15) is 9.59 Å². The maximum Gasteiger partial charge on any atom is 0.244 e. The highest BCUT2D eigenvalue weighted by Gasteiger charge is 2.22. The fourth-order valence-electron chi connectivity index (χ4n) is 2.11. The zero-order chi connectivity index (χ0) is 15.4. The lowest BCUT2D eigenvalue weighted by Gasteiger charge is -2.14. The number of hydrogen-bond acceptors (Lipinski definition) is 5. The van der Waals surface area contributed by atoms with Gasteiger partial charge in [-0.15, -0.1) is 11.8 Å². The molecule has 0 bridgehead atoms. The average molecular weight is 317 g/mol. The summed E-state index contributed by atoms with van der Waals surface area (Å²) < 4.78 is 1.73. The van der Waals surface area contributed by atoms with E-state index in [4.69, 9.17) is 0 Å². The Labute approximate surface area is 131 Å². The van der Waals surface area contributed by atoms with Gasteiger partial charge in [0.1, 0.15) is 19.2 Å². The van der Waals surface area contributed by atoms with Crippen molar-refractivity contribution in [1.82, 2.24) is 19.7 Å². The van der Waals surface area contributed by atoms with Crippen molar-refractivity contribution in [2.45, 2.75) is 6.54 Å². The zero-order valence-electron chi connectivity index (χ0n) is 11.8. The average Bonchev–Trinajstić information content (AvgIpc) is 3.14. The van der Waals surface area contributed by atoms with E-state index in [1.807, 2.05) is 24.3 Å². The minimum atomic E-state index is -0.181. The van der Waals surface area contributed by atoms with Crippen LogP contribution >= 0.6 is 11.8 Å². The molecule has 0 atom stereocenters. The van der Waals surface area contributed by atoms with Crippen LogP contribution in [0.4, 0.5) is 5.69 Å². The summed E-state index contributed by atoms with van der Waals surface area (Å²) in [6.07, 6.45) is 3.15. The summed E-state index contributed by atoms with van der Waals surface area (Å²) in [5.41, 5.74) is 1.78. The van der Waals surface area contributed by atoms with Gasteiger partial charge in [-0.2, -0.15) is 5.10 Å². The predicted octanol–water partition coefficient (Wildman–Crippen LogP) is 0.798. The maximum absolute atomic E-state index is 11.9. The molecule has 7 nitrogen and oxygen atoms in total. The molecule has 0 aliphatic carbocycles. The highest BCUT2D eigenvalue weighted by Crippen LogP contribution is 2.15. The van der Waals surface area contributed by atoms with E-state index in [-0.39, 0.29) is 18.4 Å². The van der Waals surface area contributed by atoms with Crippen LogP contribution in [0.3, 0.4) is 0 Å². The first kappa shape index (κ1) is 14.6. The van der Waals surface area contributed by atoms with Crippen molar-refractivity contribution < 1.29 is 9.59 Å². The lowest BCUT2D eigenvalue weighted by molar-refractivity contribution is -0.130. The van der Waals surface area contributed by atoms with E-state index < -0.39 is 0 Å². The van der Waals surface area contributed by atoms with Gasteiger partial charge in [-0.3, -0.25) is 9.59 Å². The fourth-order valence-corrected chi connectivity index (χ4v) is 3.01. The molecular formula is C14H15N5O2S. The Hall–Kier alpha value is -2.35. The smallest absolute Gasteiger partial charge is 0.244 e. The van der Waals surface area contributed by atoms with E-state index in [0.29, 0.717) is 23.9 Å². The van der Waals surface area contributed by atoms with Gasteiger partial charge in [0.25, 0.3) is 0 Å². The molecule has 22 heavy (non-hydrogen) atoms. The summed E-state index contributed by atoms with van der Waals surface area (Å²) in [6, 6.07) is 7.53. The molecule has 8 heteroatoms. The molecule has 2 heterocycles. The van der Waals surface area contributed by atoms with Crippen LogP contribution in [-0.4, -0.2) is 49.7 Å². The van der Waals surface area contributed by atoms with Crippen molar-refractivity contribution in [1.29, 1.82) is 0 Å². The van der Waals surface area contributed by atoms with Gasteiger partial charge in [0.05, 0.1) is 18.2 Å². The third kappa shape index (κ3) is 3.64. The lowest BCUT2D eigenvalue weighted by Crippen LogP contribution is -2.34. The molecule has 0 saturated carbocycles. The number of thioether (sulfide) groups is 1. The summed E-state index contributed by atoms with van der Waals surface area (Å²) in [4.78, 5) is 28.8. The summed E-state index contributed by atoms with van der Waals surface area (Å²) in [5.74, 6) is 0.885. The standard InChI is InChI=1S/C14H15N5O2S/c20-13(6-18-10-22-7-14(18)21)17-12-3-1-11(2-4-12)5-19-9-15-8-16-19/h1-4,8-9H,5-7,10H2,(H,17,20). The number of amides is 2. The monoisotopic (exact) mass is 317 g/mol. The van der Waals surface area contributed by atoms with Gasteiger partial charge in [-0.1, -0.05) is 12.1 Å². The van der Waals surface area contributed by atoms with Crippen molar-refractivity contribution in [3.63, 3.8) is 0 Å². The minimum absolute atomic E-state index is 0.0170. The number of rotatable bonds is 5. The molecule has 1 fully saturated rings. The molecule has 3 rings (SSSR count). The Morgan fingerprint density at radius 2 is 2.14 bits per heavy atom. The van der Waals surface area contributed by atoms with Crippen LogP contribution in [0.25, 0.3) is 0 Å². The largest absolute Gasteiger partial charge is 0.325 e. The second-order valence-corrected chi connectivity index (χ2v) is 5.86. The molecule has 0 spiro atoms. The van der Waals surface area contributed by atoms with Crippen LogP contribution in [0.5, 0.6) is 0 Å². The van der Waals surface area contributed by atoms with E-state index >= 15 is 0 Å². The van der Waals surface area contributed by atoms with Crippen molar-refractivity contribution in [3.8, 4) is 0 Å². The molecule has 1 aromatic carbocycles. The molecule has 1 N–H and O–H groups in total. The molecule has 2 aromatic rings. The molecule has 1 saturated heterocycles. The minimum Gasteiger partial charge on any atom is -0.325 e. The number of carbonyl (C=O) groups excluding carboxylic acids is 2. The van der Waals surface area contributed by atoms with Crippen LogP contribution in [0.15, 0.2) is 36.9 Å². The van der Waals surface area contributed by atoms with E-state index in [2.05, 4.69) is 15.4 Å². The molecule has 0 unspecified atom stereocenters. The van der Waals surface area contributed by atoms with Gasteiger partial charge in [0.15, 0.2) is 0 Å². The second-order valence-electron chi connectivity index (χ2n) is 4.91. The topological polar surface area (TPSA) is 80.1 Å². The predicted molar refractivity (Wildman–Crippen MR) is 83.2 cm³/mol. The summed E-state index contributed by atoms with van der Waals surface area (Å²) >= 11 is 1.53. The maximum atomic E-state index is 11.9. The van der Waals surface area contributed by atoms with Crippen LogP contribution in [0.1, 0.15) is 5.56 Å². The summed E-state index contributed by atoms with van der Waals surface area (Å²) in [5, 5.41) is 6.84. The number of nitrogens with zero attached hydrogens (tertiary/aromatic N) is 4. The van der Waals surface area contributed by atoms with Gasteiger partial charge >= 0.3 is 0 Å². The van der Waals surface area contributed by atoms with Gasteiger partial charge in [0.2, 0.25) is 11.8 Å².